The maximum absolute atomic E-state index is 5.66. The molecule has 14 heavy (non-hydrogen) atoms. The van der Waals surface area contributed by atoms with Crippen molar-refractivity contribution >= 4 is 5.69 Å². The Bertz CT molecular complexity index is 305. The van der Waals surface area contributed by atoms with E-state index in [4.69, 9.17) is 10.5 Å². The van der Waals surface area contributed by atoms with E-state index in [-0.39, 0.29) is 0 Å². The number of rotatable bonds is 3. The zero-order valence-corrected chi connectivity index (χ0v) is 8.57. The number of nitrogens with two attached hydrogens (primary N) is 1. The number of hydrogen-bond donors (Lipinski definition) is 1. The normalized spacial score (nSPS) is 25.5. The van der Waals surface area contributed by atoms with Crippen molar-refractivity contribution in [1.29, 1.82) is 0 Å². The molecule has 1 fully saturated rings. The molecule has 0 atom stereocenters. The highest BCUT2D eigenvalue weighted by Crippen LogP contribution is 2.33. The molecule has 1 aromatic carbocycles. The highest BCUT2D eigenvalue weighted by Gasteiger charge is 2.25. The molecule has 0 aliphatic heterocycles. The van der Waals surface area contributed by atoms with Gasteiger partial charge in [0.1, 0.15) is 5.75 Å². The number of benzene rings is 1. The molecular weight excluding hydrogens is 174 g/mol. The predicted octanol–water partition coefficient (Wildman–Crippen LogP) is 2.69. The van der Waals surface area contributed by atoms with E-state index < -0.39 is 0 Å². The summed E-state index contributed by atoms with van der Waals surface area (Å²) in [4.78, 5) is 0. The smallest absolute Gasteiger partial charge is 0.121 e. The highest BCUT2D eigenvalue weighted by molar-refractivity contribution is 5.43. The molecule has 0 saturated heterocycles. The van der Waals surface area contributed by atoms with E-state index >= 15 is 0 Å². The third-order valence-corrected chi connectivity index (χ3v) is 2.82. The molecule has 2 N–H and O–H groups in total. The topological polar surface area (TPSA) is 35.2 Å². The van der Waals surface area contributed by atoms with Crippen LogP contribution in [0.1, 0.15) is 19.8 Å². The van der Waals surface area contributed by atoms with E-state index in [2.05, 4.69) is 6.92 Å². The molecule has 0 unspecified atom stereocenters. The van der Waals surface area contributed by atoms with Crippen LogP contribution in [0.2, 0.25) is 0 Å². The molecule has 0 spiro atoms. The number of ether oxygens (including phenoxy) is 1. The second-order valence-corrected chi connectivity index (χ2v) is 4.33. The monoisotopic (exact) mass is 191 g/mol. The minimum Gasteiger partial charge on any atom is -0.493 e. The molecule has 2 rings (SSSR count). The summed E-state index contributed by atoms with van der Waals surface area (Å²) < 4.78 is 5.66. The van der Waals surface area contributed by atoms with Crippen LogP contribution in [0.5, 0.6) is 5.75 Å². The fourth-order valence-corrected chi connectivity index (χ4v) is 2.02. The van der Waals surface area contributed by atoms with Gasteiger partial charge in [0.15, 0.2) is 0 Å². The highest BCUT2D eigenvalue weighted by atomic mass is 16.5. The summed E-state index contributed by atoms with van der Waals surface area (Å²) in [5.74, 6) is 2.54. The van der Waals surface area contributed by atoms with Crippen molar-refractivity contribution < 1.29 is 4.74 Å². The van der Waals surface area contributed by atoms with Crippen LogP contribution in [0, 0.1) is 11.8 Å². The van der Waals surface area contributed by atoms with Crippen LogP contribution in [-0.4, -0.2) is 6.61 Å². The van der Waals surface area contributed by atoms with Crippen LogP contribution in [0.4, 0.5) is 5.69 Å². The summed E-state index contributed by atoms with van der Waals surface area (Å²) in [7, 11) is 0. The Balaban J connectivity index is 1.80. The van der Waals surface area contributed by atoms with Crippen molar-refractivity contribution in [2.45, 2.75) is 19.8 Å². The molecule has 1 aromatic rings. The van der Waals surface area contributed by atoms with Gasteiger partial charge in [0, 0.05) is 11.8 Å². The maximum atomic E-state index is 5.66. The summed E-state index contributed by atoms with van der Waals surface area (Å²) in [6, 6.07) is 7.63. The fourth-order valence-electron chi connectivity index (χ4n) is 2.02. The van der Waals surface area contributed by atoms with Crippen LogP contribution >= 0.6 is 0 Å². The van der Waals surface area contributed by atoms with E-state index in [1.54, 1.807) is 0 Å². The third kappa shape index (κ3) is 2.19. The van der Waals surface area contributed by atoms with Crippen molar-refractivity contribution in [3.63, 3.8) is 0 Å². The quantitative estimate of drug-likeness (QED) is 0.745. The second-order valence-electron chi connectivity index (χ2n) is 4.33. The van der Waals surface area contributed by atoms with Crippen molar-refractivity contribution in [3.05, 3.63) is 24.3 Å². The summed E-state index contributed by atoms with van der Waals surface area (Å²) >= 11 is 0. The molecule has 1 aliphatic carbocycles. The van der Waals surface area contributed by atoms with Crippen LogP contribution in [0.3, 0.4) is 0 Å². The van der Waals surface area contributed by atoms with Gasteiger partial charge < -0.3 is 10.5 Å². The zero-order chi connectivity index (χ0) is 9.97. The van der Waals surface area contributed by atoms with Crippen molar-refractivity contribution in [1.82, 2.24) is 0 Å². The third-order valence-electron chi connectivity index (χ3n) is 2.82. The van der Waals surface area contributed by atoms with Gasteiger partial charge >= 0.3 is 0 Å². The molecule has 0 amide bonds. The van der Waals surface area contributed by atoms with Gasteiger partial charge in [-0.15, -0.1) is 0 Å². The minimum absolute atomic E-state index is 0.756. The molecule has 0 bridgehead atoms. The van der Waals surface area contributed by atoms with Gasteiger partial charge in [0.25, 0.3) is 0 Å². The molecular formula is C12H17NO. The Kier molecular flexibility index (Phi) is 2.62. The average molecular weight is 191 g/mol. The standard InChI is InChI=1S/C12H17NO/c1-9-5-10(6-9)8-14-12-4-2-3-11(13)7-12/h2-4,7,9-10H,5-6,8,13H2,1H3. The lowest BCUT2D eigenvalue weighted by molar-refractivity contribution is 0.131. The van der Waals surface area contributed by atoms with Gasteiger partial charge in [-0.3, -0.25) is 0 Å². The molecule has 0 aromatic heterocycles. The first-order valence-electron chi connectivity index (χ1n) is 5.22. The molecule has 2 heteroatoms. The summed E-state index contributed by atoms with van der Waals surface area (Å²) in [5, 5.41) is 0. The molecule has 1 aliphatic rings. The van der Waals surface area contributed by atoms with Crippen LogP contribution in [0.25, 0.3) is 0 Å². The maximum Gasteiger partial charge on any atom is 0.121 e. The first kappa shape index (κ1) is 9.38. The average Bonchev–Trinajstić information content (AvgIpc) is 2.11. The summed E-state index contributed by atoms with van der Waals surface area (Å²) in [6.07, 6.45) is 2.62. The lowest BCUT2D eigenvalue weighted by Crippen LogP contribution is -2.26. The second kappa shape index (κ2) is 3.91. The van der Waals surface area contributed by atoms with Crippen molar-refractivity contribution in [2.75, 3.05) is 12.3 Å². The largest absolute Gasteiger partial charge is 0.493 e. The SMILES string of the molecule is CC1CC(COc2cccc(N)c2)C1. The van der Waals surface area contributed by atoms with Crippen LogP contribution < -0.4 is 10.5 Å². The molecule has 1 saturated carbocycles. The van der Waals surface area contributed by atoms with Gasteiger partial charge in [0.05, 0.1) is 6.61 Å². The summed E-state index contributed by atoms with van der Waals surface area (Å²) in [6.45, 7) is 3.13. The van der Waals surface area contributed by atoms with Gasteiger partial charge in [-0.05, 0) is 36.8 Å². The summed E-state index contributed by atoms with van der Waals surface area (Å²) in [5.41, 5.74) is 6.42. The first-order valence-corrected chi connectivity index (χ1v) is 5.22. The van der Waals surface area contributed by atoms with Crippen molar-refractivity contribution in [3.8, 4) is 5.75 Å². The van der Waals surface area contributed by atoms with Gasteiger partial charge in [-0.25, -0.2) is 0 Å². The predicted molar refractivity (Wildman–Crippen MR) is 58.2 cm³/mol. The van der Waals surface area contributed by atoms with Gasteiger partial charge in [-0.1, -0.05) is 13.0 Å². The first-order chi connectivity index (χ1) is 6.74. The number of hydrogen-bond acceptors (Lipinski definition) is 2. The van der Waals surface area contributed by atoms with E-state index in [1.165, 1.54) is 12.8 Å². The van der Waals surface area contributed by atoms with Crippen LogP contribution in [0.15, 0.2) is 24.3 Å². The Morgan fingerprint density at radius 2 is 2.21 bits per heavy atom. The van der Waals surface area contributed by atoms with Gasteiger partial charge in [-0.2, -0.15) is 0 Å². The molecule has 0 heterocycles. The molecule has 76 valence electrons. The minimum atomic E-state index is 0.756. The number of nitrogen functional groups attached to an aromatic ring is 1. The van der Waals surface area contributed by atoms with E-state index in [0.29, 0.717) is 0 Å². The Hall–Kier alpha value is -1.18. The number of anilines is 1. The fraction of sp³-hybridized carbons (Fsp3) is 0.500. The Labute approximate surface area is 85.1 Å². The van der Waals surface area contributed by atoms with Gasteiger partial charge in [0.2, 0.25) is 0 Å². The zero-order valence-electron chi connectivity index (χ0n) is 8.57. The van der Waals surface area contributed by atoms with Crippen LogP contribution in [-0.2, 0) is 0 Å². The van der Waals surface area contributed by atoms with Crippen molar-refractivity contribution in [2.24, 2.45) is 11.8 Å². The van der Waals surface area contributed by atoms with E-state index in [1.807, 2.05) is 24.3 Å². The molecule has 2 nitrogen and oxygen atoms in total. The lowest BCUT2D eigenvalue weighted by Gasteiger charge is -2.32. The molecule has 0 radical (unpaired) electrons. The Morgan fingerprint density at radius 3 is 2.86 bits per heavy atom. The lowest BCUT2D eigenvalue weighted by atomic mass is 9.77. The van der Waals surface area contributed by atoms with E-state index in [9.17, 15) is 0 Å². The Morgan fingerprint density at radius 1 is 1.43 bits per heavy atom. The van der Waals surface area contributed by atoms with E-state index in [0.717, 1.165) is 29.9 Å².